The molecule has 0 unspecified atom stereocenters. The Hall–Kier alpha value is -2.31. The monoisotopic (exact) mass is 340 g/mol. The molecule has 4 nitrogen and oxygen atoms in total. The average Bonchev–Trinajstić information content (AvgIpc) is 2.58. The molecule has 0 aliphatic carbocycles. The van der Waals surface area contributed by atoms with Crippen LogP contribution in [0, 0.1) is 5.92 Å². The number of nitrogens with zero attached hydrogens (tertiary/aromatic N) is 1. The van der Waals surface area contributed by atoms with Crippen molar-refractivity contribution in [2.75, 3.05) is 19.6 Å². The first-order valence-corrected chi connectivity index (χ1v) is 7.71. The van der Waals surface area contributed by atoms with Crippen LogP contribution < -0.4 is 5.32 Å². The second-order valence-electron chi connectivity index (χ2n) is 5.68. The standard InChI is InChI=1S/C17H19F3N2O2/c18-17(19,20)12-21-16(24)14-8-10-22(11-9-14)15(23)7-6-13-4-2-1-3-5-13/h1-7,14H,8-12H2,(H,21,24)/b7-6+. The van der Waals surface area contributed by atoms with Crippen molar-refractivity contribution < 1.29 is 22.8 Å². The quantitative estimate of drug-likeness (QED) is 0.857. The van der Waals surface area contributed by atoms with Crippen LogP contribution in [0.5, 0.6) is 0 Å². The minimum Gasteiger partial charge on any atom is -0.347 e. The summed E-state index contributed by atoms with van der Waals surface area (Å²) in [6.07, 6.45) is -0.485. The van der Waals surface area contributed by atoms with E-state index in [0.29, 0.717) is 25.9 Å². The van der Waals surface area contributed by atoms with E-state index < -0.39 is 24.5 Å². The SMILES string of the molecule is O=C(NCC(F)(F)F)C1CCN(C(=O)/C=C/c2ccccc2)CC1. The largest absolute Gasteiger partial charge is 0.405 e. The van der Waals surface area contributed by atoms with Crippen LogP contribution in [0.3, 0.4) is 0 Å². The van der Waals surface area contributed by atoms with Gasteiger partial charge in [0.15, 0.2) is 0 Å². The summed E-state index contributed by atoms with van der Waals surface area (Å²) in [5.41, 5.74) is 0.910. The Balaban J connectivity index is 1.78. The lowest BCUT2D eigenvalue weighted by Crippen LogP contribution is -2.44. The van der Waals surface area contributed by atoms with Gasteiger partial charge in [0.25, 0.3) is 0 Å². The van der Waals surface area contributed by atoms with Gasteiger partial charge < -0.3 is 10.2 Å². The first-order valence-electron chi connectivity index (χ1n) is 7.71. The van der Waals surface area contributed by atoms with E-state index in [9.17, 15) is 22.8 Å². The summed E-state index contributed by atoms with van der Waals surface area (Å²) in [5, 5.41) is 1.90. The Bertz CT molecular complexity index is 592. The van der Waals surface area contributed by atoms with E-state index in [1.807, 2.05) is 35.6 Å². The second-order valence-corrected chi connectivity index (χ2v) is 5.68. The summed E-state index contributed by atoms with van der Waals surface area (Å²) in [7, 11) is 0. The van der Waals surface area contributed by atoms with Crippen LogP contribution in [-0.2, 0) is 9.59 Å². The Labute approximate surface area is 138 Å². The Morgan fingerprint density at radius 1 is 1.17 bits per heavy atom. The van der Waals surface area contributed by atoms with E-state index in [2.05, 4.69) is 0 Å². The van der Waals surface area contributed by atoms with Gasteiger partial charge in [-0.15, -0.1) is 0 Å². The number of hydrogen-bond acceptors (Lipinski definition) is 2. The third-order valence-corrected chi connectivity index (χ3v) is 3.86. The highest BCUT2D eigenvalue weighted by Gasteiger charge is 2.31. The van der Waals surface area contributed by atoms with Gasteiger partial charge in [-0.1, -0.05) is 30.3 Å². The molecule has 1 aromatic rings. The normalized spacial score (nSPS) is 16.4. The highest BCUT2D eigenvalue weighted by Crippen LogP contribution is 2.19. The molecular weight excluding hydrogens is 321 g/mol. The number of hydrogen-bond donors (Lipinski definition) is 1. The number of amides is 2. The number of halogens is 3. The molecule has 0 saturated carbocycles. The molecule has 1 aliphatic heterocycles. The molecular formula is C17H19F3N2O2. The van der Waals surface area contributed by atoms with Crippen LogP contribution in [0.4, 0.5) is 13.2 Å². The average molecular weight is 340 g/mol. The summed E-state index contributed by atoms with van der Waals surface area (Å²) in [6, 6.07) is 9.38. The highest BCUT2D eigenvalue weighted by atomic mass is 19.4. The molecule has 130 valence electrons. The van der Waals surface area contributed by atoms with E-state index in [1.54, 1.807) is 11.0 Å². The molecule has 1 aromatic carbocycles. The minimum atomic E-state index is -4.41. The van der Waals surface area contributed by atoms with Crippen molar-refractivity contribution in [2.45, 2.75) is 19.0 Å². The molecule has 1 heterocycles. The lowest BCUT2D eigenvalue weighted by Gasteiger charge is -2.30. The number of likely N-dealkylation sites (tertiary alicyclic amines) is 1. The molecule has 24 heavy (non-hydrogen) atoms. The summed E-state index contributed by atoms with van der Waals surface area (Å²) in [4.78, 5) is 25.4. The van der Waals surface area contributed by atoms with Crippen molar-refractivity contribution in [1.29, 1.82) is 0 Å². The van der Waals surface area contributed by atoms with Crippen LogP contribution in [0.25, 0.3) is 6.08 Å². The van der Waals surface area contributed by atoms with Gasteiger partial charge in [0.05, 0.1) is 0 Å². The van der Waals surface area contributed by atoms with E-state index in [0.717, 1.165) is 5.56 Å². The molecule has 0 atom stereocenters. The van der Waals surface area contributed by atoms with E-state index in [-0.39, 0.29) is 5.91 Å². The number of piperidine rings is 1. The smallest absolute Gasteiger partial charge is 0.347 e. The Morgan fingerprint density at radius 3 is 2.38 bits per heavy atom. The van der Waals surface area contributed by atoms with Crippen molar-refractivity contribution in [2.24, 2.45) is 5.92 Å². The number of alkyl halides is 3. The maximum Gasteiger partial charge on any atom is 0.405 e. The predicted octanol–water partition coefficient (Wildman–Crippen LogP) is 2.62. The molecule has 2 rings (SSSR count). The molecule has 1 N–H and O–H groups in total. The minimum absolute atomic E-state index is 0.159. The van der Waals surface area contributed by atoms with Gasteiger partial charge in [0.1, 0.15) is 6.54 Å². The van der Waals surface area contributed by atoms with Crippen molar-refractivity contribution in [3.63, 3.8) is 0 Å². The fraction of sp³-hybridized carbons (Fsp3) is 0.412. The molecule has 1 fully saturated rings. The number of carbonyl (C=O) groups is 2. The van der Waals surface area contributed by atoms with Gasteiger partial charge in [0, 0.05) is 25.1 Å². The topological polar surface area (TPSA) is 49.4 Å². The molecule has 0 bridgehead atoms. The predicted molar refractivity (Wildman–Crippen MR) is 83.8 cm³/mol. The van der Waals surface area contributed by atoms with Crippen LogP contribution in [0.1, 0.15) is 18.4 Å². The lowest BCUT2D eigenvalue weighted by atomic mass is 9.96. The zero-order valence-corrected chi connectivity index (χ0v) is 13.1. The summed E-state index contributed by atoms with van der Waals surface area (Å²) in [5.74, 6) is -1.23. The fourth-order valence-electron chi connectivity index (χ4n) is 2.53. The first-order chi connectivity index (χ1) is 11.3. The molecule has 2 amide bonds. The number of nitrogens with one attached hydrogen (secondary N) is 1. The summed E-state index contributed by atoms with van der Waals surface area (Å²) in [6.45, 7) is -0.588. The zero-order chi connectivity index (χ0) is 17.6. The van der Waals surface area contributed by atoms with Gasteiger partial charge in [-0.2, -0.15) is 13.2 Å². The third-order valence-electron chi connectivity index (χ3n) is 3.86. The number of carbonyl (C=O) groups excluding carboxylic acids is 2. The van der Waals surface area contributed by atoms with Gasteiger partial charge in [0.2, 0.25) is 11.8 Å². The molecule has 7 heteroatoms. The second kappa shape index (κ2) is 7.99. The maximum absolute atomic E-state index is 12.1. The van der Waals surface area contributed by atoms with Gasteiger partial charge >= 0.3 is 6.18 Å². The maximum atomic E-state index is 12.1. The molecule has 1 aliphatic rings. The van der Waals surface area contributed by atoms with Gasteiger partial charge in [-0.05, 0) is 24.5 Å². The third kappa shape index (κ3) is 5.72. The first kappa shape index (κ1) is 18.0. The Morgan fingerprint density at radius 2 is 1.79 bits per heavy atom. The Kier molecular flexibility index (Phi) is 6.00. The fourth-order valence-corrected chi connectivity index (χ4v) is 2.53. The van der Waals surface area contributed by atoms with Crippen LogP contribution in [0.2, 0.25) is 0 Å². The lowest BCUT2D eigenvalue weighted by molar-refractivity contribution is -0.142. The van der Waals surface area contributed by atoms with E-state index in [4.69, 9.17) is 0 Å². The zero-order valence-electron chi connectivity index (χ0n) is 13.1. The number of rotatable bonds is 4. The van der Waals surface area contributed by atoms with Crippen molar-refractivity contribution in [3.8, 4) is 0 Å². The molecule has 0 spiro atoms. The molecule has 0 aromatic heterocycles. The van der Waals surface area contributed by atoms with Crippen molar-refractivity contribution in [3.05, 3.63) is 42.0 Å². The van der Waals surface area contributed by atoms with Crippen LogP contribution in [0.15, 0.2) is 36.4 Å². The van der Waals surface area contributed by atoms with Crippen LogP contribution in [-0.4, -0.2) is 42.5 Å². The van der Waals surface area contributed by atoms with Gasteiger partial charge in [-0.25, -0.2) is 0 Å². The van der Waals surface area contributed by atoms with E-state index >= 15 is 0 Å². The summed E-state index contributed by atoms with van der Waals surface area (Å²) < 4.78 is 36.3. The highest BCUT2D eigenvalue weighted by molar-refractivity contribution is 5.92. The molecule has 1 saturated heterocycles. The summed E-state index contributed by atoms with van der Waals surface area (Å²) >= 11 is 0. The van der Waals surface area contributed by atoms with Crippen LogP contribution >= 0.6 is 0 Å². The number of benzene rings is 1. The van der Waals surface area contributed by atoms with Gasteiger partial charge in [-0.3, -0.25) is 9.59 Å². The van der Waals surface area contributed by atoms with Crippen molar-refractivity contribution >= 4 is 17.9 Å². The molecule has 0 radical (unpaired) electrons. The van der Waals surface area contributed by atoms with Crippen molar-refractivity contribution in [1.82, 2.24) is 10.2 Å². The van der Waals surface area contributed by atoms with E-state index in [1.165, 1.54) is 6.08 Å².